The third-order valence-electron chi connectivity index (χ3n) is 4.93. The first kappa shape index (κ1) is 23.6. The van der Waals surface area contributed by atoms with Crippen molar-refractivity contribution < 1.29 is 14.7 Å². The molecule has 0 spiro atoms. The van der Waals surface area contributed by atoms with E-state index in [0.717, 1.165) is 11.1 Å². The predicted molar refractivity (Wildman–Crippen MR) is 127 cm³/mol. The first-order valence-electron chi connectivity index (χ1n) is 9.97. The van der Waals surface area contributed by atoms with E-state index in [2.05, 4.69) is 10.3 Å². The Kier molecular flexibility index (Phi) is 7.72. The Bertz CT molecular complexity index is 1120. The van der Waals surface area contributed by atoms with E-state index in [1.54, 1.807) is 30.3 Å². The van der Waals surface area contributed by atoms with Gasteiger partial charge in [-0.3, -0.25) is 4.79 Å². The van der Waals surface area contributed by atoms with Gasteiger partial charge >= 0.3 is 5.97 Å². The second-order valence-electron chi connectivity index (χ2n) is 7.55. The molecular weight excluding hydrogens is 449 g/mol. The summed E-state index contributed by atoms with van der Waals surface area (Å²) in [6, 6.07) is 15.5. The summed E-state index contributed by atoms with van der Waals surface area (Å²) in [5.74, 6) is -0.778. The van der Waals surface area contributed by atoms with Crippen LogP contribution in [0, 0.1) is 0 Å². The Hall–Kier alpha value is -3.09. The molecule has 0 aliphatic carbocycles. The highest BCUT2D eigenvalue weighted by atomic mass is 35.5. The van der Waals surface area contributed by atoms with Gasteiger partial charge in [-0.25, -0.2) is 9.78 Å². The summed E-state index contributed by atoms with van der Waals surface area (Å²) < 4.78 is 0. The number of amides is 1. The molecular formula is C24H23Cl2N3O3. The number of carboxylic acid groups (broad SMARTS) is 1. The second-order valence-corrected chi connectivity index (χ2v) is 8.40. The average Bonchev–Trinajstić information content (AvgIpc) is 2.75. The number of nitrogens with one attached hydrogen (secondary N) is 1. The van der Waals surface area contributed by atoms with Gasteiger partial charge in [0.2, 0.25) is 0 Å². The lowest BCUT2D eigenvalue weighted by atomic mass is 10.0. The SMILES string of the molecule is C[C@@H](Cc1ccc(C(=O)O)cc1)NC(=O)c1cc(Cl)cnc1N(C)Cc1ccccc1Cl. The molecule has 3 aromatic rings. The van der Waals surface area contributed by atoms with Crippen molar-refractivity contribution >= 4 is 40.9 Å². The Morgan fingerprint density at radius 1 is 1.12 bits per heavy atom. The number of hydrogen-bond donors (Lipinski definition) is 2. The highest BCUT2D eigenvalue weighted by Crippen LogP contribution is 2.24. The summed E-state index contributed by atoms with van der Waals surface area (Å²) in [4.78, 5) is 30.3. The molecule has 0 aliphatic rings. The molecule has 166 valence electrons. The minimum atomic E-state index is -0.972. The number of rotatable bonds is 8. The molecule has 1 atom stereocenters. The number of aromatic carboxylic acids is 1. The fourth-order valence-electron chi connectivity index (χ4n) is 3.35. The third kappa shape index (κ3) is 5.99. The number of carbonyl (C=O) groups excluding carboxylic acids is 1. The Balaban J connectivity index is 1.73. The van der Waals surface area contributed by atoms with Crippen LogP contribution in [-0.2, 0) is 13.0 Å². The number of anilines is 1. The number of benzene rings is 2. The van der Waals surface area contributed by atoms with E-state index in [1.807, 2.05) is 43.1 Å². The average molecular weight is 472 g/mol. The molecule has 1 heterocycles. The van der Waals surface area contributed by atoms with E-state index in [1.165, 1.54) is 6.20 Å². The first-order chi connectivity index (χ1) is 15.2. The predicted octanol–water partition coefficient (Wildman–Crippen LogP) is 5.08. The van der Waals surface area contributed by atoms with Crippen LogP contribution in [0.2, 0.25) is 10.0 Å². The molecule has 0 unspecified atom stereocenters. The quantitative estimate of drug-likeness (QED) is 0.478. The first-order valence-corrected chi connectivity index (χ1v) is 10.7. The zero-order valence-electron chi connectivity index (χ0n) is 17.7. The topological polar surface area (TPSA) is 82.5 Å². The molecule has 0 aliphatic heterocycles. The molecule has 0 bridgehead atoms. The minimum Gasteiger partial charge on any atom is -0.478 e. The van der Waals surface area contributed by atoms with E-state index in [0.29, 0.717) is 34.4 Å². The third-order valence-corrected chi connectivity index (χ3v) is 5.50. The van der Waals surface area contributed by atoms with Gasteiger partial charge in [-0.05, 0) is 48.7 Å². The van der Waals surface area contributed by atoms with Crippen LogP contribution in [0.3, 0.4) is 0 Å². The maximum Gasteiger partial charge on any atom is 0.335 e. The largest absolute Gasteiger partial charge is 0.478 e. The van der Waals surface area contributed by atoms with E-state index in [9.17, 15) is 9.59 Å². The molecule has 6 nitrogen and oxygen atoms in total. The van der Waals surface area contributed by atoms with Crippen molar-refractivity contribution in [1.29, 1.82) is 0 Å². The molecule has 3 rings (SSSR count). The highest BCUT2D eigenvalue weighted by Gasteiger charge is 2.19. The van der Waals surface area contributed by atoms with E-state index in [4.69, 9.17) is 28.3 Å². The van der Waals surface area contributed by atoms with Gasteiger partial charge in [-0.15, -0.1) is 0 Å². The van der Waals surface area contributed by atoms with Crippen LogP contribution in [0.4, 0.5) is 5.82 Å². The number of carboxylic acids is 1. The zero-order valence-corrected chi connectivity index (χ0v) is 19.2. The van der Waals surface area contributed by atoms with Crippen LogP contribution in [0.5, 0.6) is 0 Å². The van der Waals surface area contributed by atoms with Crippen LogP contribution < -0.4 is 10.2 Å². The van der Waals surface area contributed by atoms with Crippen molar-refractivity contribution in [3.63, 3.8) is 0 Å². The number of halogens is 2. The number of pyridine rings is 1. The van der Waals surface area contributed by atoms with Crippen LogP contribution in [0.15, 0.2) is 60.8 Å². The maximum atomic E-state index is 13.0. The summed E-state index contributed by atoms with van der Waals surface area (Å²) in [7, 11) is 1.84. The van der Waals surface area contributed by atoms with Crippen molar-refractivity contribution in [2.75, 3.05) is 11.9 Å². The number of carbonyl (C=O) groups is 2. The summed E-state index contributed by atoms with van der Waals surface area (Å²) >= 11 is 12.4. The normalized spacial score (nSPS) is 11.6. The highest BCUT2D eigenvalue weighted by molar-refractivity contribution is 6.31. The van der Waals surface area contributed by atoms with Gasteiger partial charge in [0.05, 0.1) is 16.1 Å². The number of hydrogen-bond acceptors (Lipinski definition) is 4. The fourth-order valence-corrected chi connectivity index (χ4v) is 3.70. The minimum absolute atomic E-state index is 0.195. The van der Waals surface area contributed by atoms with E-state index >= 15 is 0 Å². The van der Waals surface area contributed by atoms with Crippen molar-refractivity contribution in [3.05, 3.63) is 93.1 Å². The van der Waals surface area contributed by atoms with Crippen LogP contribution in [0.1, 0.15) is 38.8 Å². The molecule has 0 saturated heterocycles. The van der Waals surface area contributed by atoms with Crippen molar-refractivity contribution in [2.24, 2.45) is 0 Å². The summed E-state index contributed by atoms with van der Waals surface area (Å²) in [6.45, 7) is 2.36. The summed E-state index contributed by atoms with van der Waals surface area (Å²) in [5.41, 5.74) is 2.42. The van der Waals surface area contributed by atoms with Crippen molar-refractivity contribution in [3.8, 4) is 0 Å². The lowest BCUT2D eigenvalue weighted by Crippen LogP contribution is -2.35. The smallest absolute Gasteiger partial charge is 0.335 e. The Morgan fingerprint density at radius 3 is 2.47 bits per heavy atom. The van der Waals surface area contributed by atoms with Crippen LogP contribution >= 0.6 is 23.2 Å². The van der Waals surface area contributed by atoms with Gasteiger partial charge in [-0.2, -0.15) is 0 Å². The number of nitrogens with zero attached hydrogens (tertiary/aromatic N) is 2. The molecule has 0 fully saturated rings. The van der Waals surface area contributed by atoms with Gasteiger partial charge in [0.1, 0.15) is 5.82 Å². The van der Waals surface area contributed by atoms with Crippen molar-refractivity contribution in [2.45, 2.75) is 25.9 Å². The van der Waals surface area contributed by atoms with Crippen LogP contribution in [0.25, 0.3) is 0 Å². The Morgan fingerprint density at radius 2 is 1.81 bits per heavy atom. The number of aromatic nitrogens is 1. The second kappa shape index (κ2) is 10.5. The maximum absolute atomic E-state index is 13.0. The van der Waals surface area contributed by atoms with E-state index in [-0.39, 0.29) is 17.5 Å². The van der Waals surface area contributed by atoms with Crippen LogP contribution in [-0.4, -0.2) is 35.1 Å². The van der Waals surface area contributed by atoms with Gasteiger partial charge in [0.15, 0.2) is 0 Å². The molecule has 0 saturated carbocycles. The monoisotopic (exact) mass is 471 g/mol. The standard InChI is InChI=1S/C24H23Cl2N3O3/c1-15(11-16-7-9-17(10-8-16)24(31)32)28-23(30)20-12-19(25)13-27-22(20)29(2)14-18-5-3-4-6-21(18)26/h3-10,12-13,15H,11,14H2,1-2H3,(H,28,30)(H,31,32)/t15-/m0/s1. The van der Waals surface area contributed by atoms with Crippen molar-refractivity contribution in [1.82, 2.24) is 10.3 Å². The molecule has 1 aromatic heterocycles. The zero-order chi connectivity index (χ0) is 23.3. The molecule has 32 heavy (non-hydrogen) atoms. The van der Waals surface area contributed by atoms with Gasteiger partial charge < -0.3 is 15.3 Å². The lowest BCUT2D eigenvalue weighted by molar-refractivity contribution is 0.0696. The molecule has 2 N–H and O–H groups in total. The fraction of sp³-hybridized carbons (Fsp3) is 0.208. The summed E-state index contributed by atoms with van der Waals surface area (Å²) in [6.07, 6.45) is 2.05. The summed E-state index contributed by atoms with van der Waals surface area (Å²) in [5, 5.41) is 13.0. The van der Waals surface area contributed by atoms with Gasteiger partial charge in [0, 0.05) is 30.9 Å². The molecule has 8 heteroatoms. The lowest BCUT2D eigenvalue weighted by Gasteiger charge is -2.22. The molecule has 2 aromatic carbocycles. The van der Waals surface area contributed by atoms with Gasteiger partial charge in [0.25, 0.3) is 5.91 Å². The van der Waals surface area contributed by atoms with E-state index < -0.39 is 5.97 Å². The molecule has 0 radical (unpaired) electrons. The molecule has 1 amide bonds. The Labute approximate surface area is 196 Å². The van der Waals surface area contributed by atoms with Gasteiger partial charge in [-0.1, -0.05) is 53.5 Å².